The van der Waals surface area contributed by atoms with Gasteiger partial charge in [0.05, 0.1) is 11.0 Å². The normalized spacial score (nSPS) is 17.9. The number of nitrogen functional groups attached to an aromatic ring is 1. The number of imidazole rings is 1. The molecule has 0 radical (unpaired) electrons. The van der Waals surface area contributed by atoms with Crippen LogP contribution in [0.15, 0.2) is 18.2 Å². The van der Waals surface area contributed by atoms with Gasteiger partial charge < -0.3 is 15.4 Å². The molecule has 0 bridgehead atoms. The van der Waals surface area contributed by atoms with Crippen molar-refractivity contribution in [3.63, 3.8) is 0 Å². The summed E-state index contributed by atoms with van der Waals surface area (Å²) in [5.41, 5.74) is 8.43. The molecule has 5 heteroatoms. The molecule has 1 fully saturated rings. The second-order valence-corrected chi connectivity index (χ2v) is 5.64. The van der Waals surface area contributed by atoms with E-state index in [1.165, 1.54) is 25.9 Å². The van der Waals surface area contributed by atoms with Gasteiger partial charge in [0.25, 0.3) is 0 Å². The second-order valence-electron chi connectivity index (χ2n) is 5.64. The molecule has 1 aliphatic heterocycles. The number of nitrogens with two attached hydrogens (primary N) is 1. The predicted molar refractivity (Wildman–Crippen MR) is 80.3 cm³/mol. The van der Waals surface area contributed by atoms with E-state index in [2.05, 4.69) is 21.4 Å². The smallest absolute Gasteiger partial charge is 0.135 e. The van der Waals surface area contributed by atoms with Crippen molar-refractivity contribution >= 4 is 16.7 Å². The van der Waals surface area contributed by atoms with E-state index >= 15 is 0 Å². The molecule has 1 saturated heterocycles. The molecule has 2 heterocycles. The number of hydrogen-bond donors (Lipinski definition) is 2. The highest BCUT2D eigenvalue weighted by molar-refractivity contribution is 5.79. The Kier molecular flexibility index (Phi) is 3.63. The van der Waals surface area contributed by atoms with Gasteiger partial charge in [0, 0.05) is 18.3 Å². The Morgan fingerprint density at radius 1 is 1.35 bits per heavy atom. The number of anilines is 1. The van der Waals surface area contributed by atoms with Crippen LogP contribution >= 0.6 is 0 Å². The number of aliphatic hydroxyl groups excluding tert-OH is 1. The number of likely N-dealkylation sites (tertiary alicyclic amines) is 1. The Bertz CT molecular complexity index is 601. The zero-order valence-corrected chi connectivity index (χ0v) is 11.9. The first kappa shape index (κ1) is 13.4. The van der Waals surface area contributed by atoms with Crippen molar-refractivity contribution in [3.05, 3.63) is 24.0 Å². The number of rotatable bonds is 4. The molecule has 1 aliphatic rings. The average molecular weight is 274 g/mol. The van der Waals surface area contributed by atoms with Gasteiger partial charge in [-0.2, -0.15) is 0 Å². The summed E-state index contributed by atoms with van der Waals surface area (Å²) in [6, 6.07) is 6.21. The number of fused-ring (bicyclic) bond motifs is 1. The van der Waals surface area contributed by atoms with Gasteiger partial charge >= 0.3 is 0 Å². The molecule has 2 aromatic rings. The van der Waals surface area contributed by atoms with Gasteiger partial charge in [0.1, 0.15) is 12.4 Å². The lowest BCUT2D eigenvalue weighted by Crippen LogP contribution is -2.34. The van der Waals surface area contributed by atoms with Crippen molar-refractivity contribution in [1.82, 2.24) is 14.5 Å². The van der Waals surface area contributed by atoms with Gasteiger partial charge in [-0.05, 0) is 51.1 Å². The van der Waals surface area contributed by atoms with Crippen molar-refractivity contribution in [2.45, 2.75) is 39.0 Å². The minimum Gasteiger partial charge on any atom is -0.399 e. The molecule has 0 spiro atoms. The maximum absolute atomic E-state index is 9.54. The molecule has 1 aromatic heterocycles. The zero-order valence-electron chi connectivity index (χ0n) is 11.9. The first-order valence-corrected chi connectivity index (χ1v) is 7.28. The summed E-state index contributed by atoms with van der Waals surface area (Å²) in [6.07, 6.45) is 2.58. The Morgan fingerprint density at radius 3 is 2.80 bits per heavy atom. The van der Waals surface area contributed by atoms with Crippen molar-refractivity contribution in [2.75, 3.05) is 18.8 Å². The van der Waals surface area contributed by atoms with E-state index < -0.39 is 0 Å². The number of benzene rings is 1. The van der Waals surface area contributed by atoms with E-state index in [0.717, 1.165) is 23.4 Å². The molecule has 108 valence electrons. The van der Waals surface area contributed by atoms with Crippen LogP contribution in [0.2, 0.25) is 0 Å². The molecule has 5 nitrogen and oxygen atoms in total. The van der Waals surface area contributed by atoms with E-state index in [9.17, 15) is 5.11 Å². The van der Waals surface area contributed by atoms with Crippen LogP contribution in [-0.4, -0.2) is 38.7 Å². The molecule has 0 saturated carbocycles. The fourth-order valence-corrected chi connectivity index (χ4v) is 3.08. The minimum absolute atomic E-state index is 0.0404. The number of hydrogen-bond acceptors (Lipinski definition) is 4. The van der Waals surface area contributed by atoms with Crippen molar-refractivity contribution < 1.29 is 5.11 Å². The van der Waals surface area contributed by atoms with E-state index in [-0.39, 0.29) is 6.61 Å². The highest BCUT2D eigenvalue weighted by Crippen LogP contribution is 2.21. The lowest BCUT2D eigenvalue weighted by Gasteiger charge is -2.25. The molecule has 1 aromatic carbocycles. The highest BCUT2D eigenvalue weighted by Gasteiger charge is 2.20. The topological polar surface area (TPSA) is 67.3 Å². The Balaban J connectivity index is 1.92. The summed E-state index contributed by atoms with van der Waals surface area (Å²) in [6.45, 7) is 5.41. The van der Waals surface area contributed by atoms with Gasteiger partial charge in [0.2, 0.25) is 0 Å². The van der Waals surface area contributed by atoms with Gasteiger partial charge in [-0.25, -0.2) is 4.98 Å². The Hall–Kier alpha value is -1.59. The SMILES string of the molecule is CC(Cn1c(CO)nc2cc(N)ccc21)N1CCCC1. The maximum Gasteiger partial charge on any atom is 0.135 e. The molecule has 1 unspecified atom stereocenters. The van der Waals surface area contributed by atoms with Gasteiger partial charge in [-0.1, -0.05) is 0 Å². The largest absolute Gasteiger partial charge is 0.399 e. The molecule has 3 rings (SSSR count). The van der Waals surface area contributed by atoms with Gasteiger partial charge in [0.15, 0.2) is 0 Å². The predicted octanol–water partition coefficient (Wildman–Crippen LogP) is 1.60. The maximum atomic E-state index is 9.54. The molecule has 0 aliphatic carbocycles. The molecule has 20 heavy (non-hydrogen) atoms. The monoisotopic (exact) mass is 274 g/mol. The summed E-state index contributed by atoms with van der Waals surface area (Å²) in [7, 11) is 0. The third-order valence-corrected chi connectivity index (χ3v) is 4.20. The highest BCUT2D eigenvalue weighted by atomic mass is 16.3. The van der Waals surface area contributed by atoms with Crippen molar-refractivity contribution in [3.8, 4) is 0 Å². The van der Waals surface area contributed by atoms with Crippen LogP contribution in [0.4, 0.5) is 5.69 Å². The lowest BCUT2D eigenvalue weighted by atomic mass is 10.2. The average Bonchev–Trinajstić information content (AvgIpc) is 3.06. The second kappa shape index (κ2) is 5.42. The van der Waals surface area contributed by atoms with E-state index in [0.29, 0.717) is 11.7 Å². The van der Waals surface area contributed by atoms with Gasteiger partial charge in [-0.3, -0.25) is 4.90 Å². The van der Waals surface area contributed by atoms with Crippen LogP contribution in [0.25, 0.3) is 11.0 Å². The third-order valence-electron chi connectivity index (χ3n) is 4.20. The molecular weight excluding hydrogens is 252 g/mol. The van der Waals surface area contributed by atoms with Crippen LogP contribution in [0, 0.1) is 0 Å². The van der Waals surface area contributed by atoms with E-state index in [1.807, 2.05) is 18.2 Å². The number of aliphatic hydroxyl groups is 1. The van der Waals surface area contributed by atoms with Crippen LogP contribution in [0.5, 0.6) is 0 Å². The lowest BCUT2D eigenvalue weighted by molar-refractivity contribution is 0.225. The van der Waals surface area contributed by atoms with Crippen LogP contribution in [-0.2, 0) is 13.2 Å². The third kappa shape index (κ3) is 2.39. The van der Waals surface area contributed by atoms with Crippen LogP contribution < -0.4 is 5.73 Å². The van der Waals surface area contributed by atoms with Crippen LogP contribution in [0.1, 0.15) is 25.6 Å². The molecular formula is C15H22N4O. The first-order valence-electron chi connectivity index (χ1n) is 7.28. The Morgan fingerprint density at radius 2 is 2.10 bits per heavy atom. The quantitative estimate of drug-likeness (QED) is 0.831. The van der Waals surface area contributed by atoms with Gasteiger partial charge in [-0.15, -0.1) is 0 Å². The van der Waals surface area contributed by atoms with Crippen molar-refractivity contribution in [2.24, 2.45) is 0 Å². The fourth-order valence-electron chi connectivity index (χ4n) is 3.08. The van der Waals surface area contributed by atoms with Crippen molar-refractivity contribution in [1.29, 1.82) is 0 Å². The standard InChI is InChI=1S/C15H22N4O/c1-11(18-6-2-3-7-18)9-19-14-5-4-12(16)8-13(14)17-15(19)10-20/h4-5,8,11,20H,2-3,6-7,9-10,16H2,1H3. The summed E-state index contributed by atoms with van der Waals surface area (Å²) in [5.74, 6) is 0.719. The summed E-state index contributed by atoms with van der Waals surface area (Å²) in [4.78, 5) is 6.99. The summed E-state index contributed by atoms with van der Waals surface area (Å²) in [5, 5.41) is 9.54. The number of nitrogens with zero attached hydrogens (tertiary/aromatic N) is 3. The van der Waals surface area contributed by atoms with E-state index in [1.54, 1.807) is 0 Å². The van der Waals surface area contributed by atoms with Crippen LogP contribution in [0.3, 0.4) is 0 Å². The molecule has 1 atom stereocenters. The number of aromatic nitrogens is 2. The zero-order chi connectivity index (χ0) is 14.1. The summed E-state index contributed by atoms with van der Waals surface area (Å²) < 4.78 is 2.12. The Labute approximate surface area is 119 Å². The fraction of sp³-hybridized carbons (Fsp3) is 0.533. The first-order chi connectivity index (χ1) is 9.69. The molecule has 0 amide bonds. The summed E-state index contributed by atoms with van der Waals surface area (Å²) >= 11 is 0. The van der Waals surface area contributed by atoms with E-state index in [4.69, 9.17) is 5.73 Å². The molecule has 3 N–H and O–H groups in total. The minimum atomic E-state index is -0.0404.